The van der Waals surface area contributed by atoms with Crippen LogP contribution in [0.1, 0.15) is 46.1 Å². The zero-order chi connectivity index (χ0) is 14.3. The van der Waals surface area contributed by atoms with Crippen LogP contribution in [-0.4, -0.2) is 33.8 Å². The van der Waals surface area contributed by atoms with Crippen molar-refractivity contribution >= 4 is 11.6 Å². The molecule has 0 aliphatic heterocycles. The van der Waals surface area contributed by atoms with Crippen molar-refractivity contribution in [1.29, 1.82) is 0 Å². The van der Waals surface area contributed by atoms with Crippen LogP contribution in [0, 0.1) is 0 Å². The van der Waals surface area contributed by atoms with Crippen molar-refractivity contribution in [2.45, 2.75) is 52.6 Å². The summed E-state index contributed by atoms with van der Waals surface area (Å²) in [7, 11) is 0. The molecule has 0 saturated carbocycles. The van der Waals surface area contributed by atoms with Crippen molar-refractivity contribution in [1.82, 2.24) is 9.97 Å². The smallest absolute Gasteiger partial charge is 0.134 e. The van der Waals surface area contributed by atoms with E-state index in [-0.39, 0.29) is 0 Å². The first-order chi connectivity index (χ1) is 9.04. The Bertz CT molecular complexity index is 393. The highest BCUT2D eigenvalue weighted by molar-refractivity contribution is 5.57. The Morgan fingerprint density at radius 3 is 2.32 bits per heavy atom. The van der Waals surface area contributed by atoms with E-state index in [1.165, 1.54) is 0 Å². The molecule has 19 heavy (non-hydrogen) atoms. The van der Waals surface area contributed by atoms with Gasteiger partial charge in [-0.15, -0.1) is 0 Å². The van der Waals surface area contributed by atoms with Crippen LogP contribution < -0.4 is 10.6 Å². The van der Waals surface area contributed by atoms with Gasteiger partial charge in [-0.05, 0) is 26.7 Å². The van der Waals surface area contributed by atoms with Gasteiger partial charge in [0.05, 0.1) is 5.60 Å². The van der Waals surface area contributed by atoms with Gasteiger partial charge in [-0.25, -0.2) is 9.97 Å². The van der Waals surface area contributed by atoms with E-state index in [0.29, 0.717) is 13.0 Å². The molecule has 3 N–H and O–H groups in total. The summed E-state index contributed by atoms with van der Waals surface area (Å²) >= 11 is 0. The molecule has 0 aliphatic rings. The van der Waals surface area contributed by atoms with Gasteiger partial charge in [0, 0.05) is 18.7 Å². The van der Waals surface area contributed by atoms with Gasteiger partial charge < -0.3 is 15.7 Å². The maximum Gasteiger partial charge on any atom is 0.134 e. The number of rotatable bonds is 8. The molecule has 0 amide bonds. The van der Waals surface area contributed by atoms with E-state index < -0.39 is 5.60 Å². The monoisotopic (exact) mass is 266 g/mol. The lowest BCUT2D eigenvalue weighted by Gasteiger charge is -2.23. The van der Waals surface area contributed by atoms with Crippen molar-refractivity contribution in [2.24, 2.45) is 0 Å². The molecule has 5 heteroatoms. The van der Waals surface area contributed by atoms with Crippen LogP contribution in [0.2, 0.25) is 0 Å². The summed E-state index contributed by atoms with van der Waals surface area (Å²) in [6.07, 6.45) is 4.21. The topological polar surface area (TPSA) is 70.1 Å². The third kappa shape index (κ3) is 4.67. The standard InChI is InChI=1S/C14H26N4O/c1-5-8-11-12(15-7-3)17-10-18-13(11)16-9-14(4,19)6-2/h10,19H,5-9H2,1-4H3,(H2,15,16,17,18). The summed E-state index contributed by atoms with van der Waals surface area (Å²) in [6, 6.07) is 0. The number of hydrogen-bond donors (Lipinski definition) is 3. The summed E-state index contributed by atoms with van der Waals surface area (Å²) < 4.78 is 0. The Kier molecular flexibility index (Phi) is 6.02. The number of nitrogens with zero attached hydrogens (tertiary/aromatic N) is 2. The van der Waals surface area contributed by atoms with Crippen molar-refractivity contribution < 1.29 is 5.11 Å². The average Bonchev–Trinajstić information content (AvgIpc) is 2.40. The largest absolute Gasteiger partial charge is 0.388 e. The van der Waals surface area contributed by atoms with E-state index in [9.17, 15) is 5.11 Å². The first-order valence-corrected chi connectivity index (χ1v) is 7.08. The van der Waals surface area contributed by atoms with E-state index in [0.717, 1.165) is 36.6 Å². The van der Waals surface area contributed by atoms with Crippen LogP contribution in [0.3, 0.4) is 0 Å². The van der Waals surface area contributed by atoms with Gasteiger partial charge in [-0.3, -0.25) is 0 Å². The Labute approximate surface area is 115 Å². The van der Waals surface area contributed by atoms with Gasteiger partial charge in [0.1, 0.15) is 18.0 Å². The summed E-state index contributed by atoms with van der Waals surface area (Å²) in [5.74, 6) is 1.71. The van der Waals surface area contributed by atoms with Gasteiger partial charge in [-0.1, -0.05) is 20.3 Å². The minimum Gasteiger partial charge on any atom is -0.388 e. The molecule has 1 heterocycles. The number of aliphatic hydroxyl groups is 1. The van der Waals surface area contributed by atoms with Crippen LogP contribution >= 0.6 is 0 Å². The van der Waals surface area contributed by atoms with Crippen LogP contribution in [0.4, 0.5) is 11.6 Å². The molecular weight excluding hydrogens is 240 g/mol. The highest BCUT2D eigenvalue weighted by Crippen LogP contribution is 2.22. The van der Waals surface area contributed by atoms with E-state index in [4.69, 9.17) is 0 Å². The lowest BCUT2D eigenvalue weighted by molar-refractivity contribution is 0.0696. The molecule has 0 radical (unpaired) electrons. The Balaban J connectivity index is 2.89. The van der Waals surface area contributed by atoms with Gasteiger partial charge in [0.2, 0.25) is 0 Å². The normalized spacial score (nSPS) is 13.9. The van der Waals surface area contributed by atoms with Crippen molar-refractivity contribution in [2.75, 3.05) is 23.7 Å². The maximum atomic E-state index is 10.1. The number of aromatic nitrogens is 2. The predicted molar refractivity (Wildman–Crippen MR) is 79.6 cm³/mol. The molecule has 108 valence electrons. The third-order valence-electron chi connectivity index (χ3n) is 3.19. The van der Waals surface area contributed by atoms with Gasteiger partial charge in [0.25, 0.3) is 0 Å². The zero-order valence-electron chi connectivity index (χ0n) is 12.5. The molecular formula is C14H26N4O. The highest BCUT2D eigenvalue weighted by Gasteiger charge is 2.18. The molecule has 1 aromatic heterocycles. The van der Waals surface area contributed by atoms with Gasteiger partial charge in [-0.2, -0.15) is 0 Å². The van der Waals surface area contributed by atoms with Gasteiger partial charge >= 0.3 is 0 Å². The van der Waals surface area contributed by atoms with Crippen LogP contribution in [0.25, 0.3) is 0 Å². The summed E-state index contributed by atoms with van der Waals surface area (Å²) in [4.78, 5) is 8.59. The second-order valence-electron chi connectivity index (χ2n) is 5.03. The lowest BCUT2D eigenvalue weighted by Crippen LogP contribution is -2.33. The maximum absolute atomic E-state index is 10.1. The van der Waals surface area contributed by atoms with Crippen LogP contribution in [0.5, 0.6) is 0 Å². The van der Waals surface area contributed by atoms with Crippen LogP contribution in [0.15, 0.2) is 6.33 Å². The molecule has 1 aromatic rings. The summed E-state index contributed by atoms with van der Waals surface area (Å²) in [5, 5.41) is 16.6. The third-order valence-corrected chi connectivity index (χ3v) is 3.19. The average molecular weight is 266 g/mol. The molecule has 1 atom stereocenters. The van der Waals surface area contributed by atoms with Crippen molar-refractivity contribution in [3.63, 3.8) is 0 Å². The SMILES string of the molecule is CCCc1c(NCC)ncnc1NCC(C)(O)CC. The molecule has 0 bridgehead atoms. The first kappa shape index (κ1) is 15.7. The fourth-order valence-corrected chi connectivity index (χ4v) is 1.77. The quantitative estimate of drug-likeness (QED) is 0.674. The lowest BCUT2D eigenvalue weighted by atomic mass is 10.0. The van der Waals surface area contributed by atoms with E-state index in [1.54, 1.807) is 6.33 Å². The minimum absolute atomic E-state index is 0.489. The molecule has 0 fully saturated rings. The summed E-state index contributed by atoms with van der Waals surface area (Å²) in [6.45, 7) is 9.30. The molecule has 0 saturated heterocycles. The Morgan fingerprint density at radius 2 is 1.79 bits per heavy atom. The Morgan fingerprint density at radius 1 is 1.16 bits per heavy atom. The van der Waals surface area contributed by atoms with E-state index in [1.807, 2.05) is 20.8 Å². The van der Waals surface area contributed by atoms with E-state index in [2.05, 4.69) is 27.5 Å². The number of nitrogens with one attached hydrogen (secondary N) is 2. The number of anilines is 2. The van der Waals surface area contributed by atoms with Crippen LogP contribution in [-0.2, 0) is 6.42 Å². The van der Waals surface area contributed by atoms with E-state index >= 15 is 0 Å². The summed E-state index contributed by atoms with van der Waals surface area (Å²) in [5.41, 5.74) is 0.381. The molecule has 0 spiro atoms. The minimum atomic E-state index is -0.715. The number of hydrogen-bond acceptors (Lipinski definition) is 5. The molecule has 1 rings (SSSR count). The van der Waals surface area contributed by atoms with Gasteiger partial charge in [0.15, 0.2) is 0 Å². The Hall–Kier alpha value is -1.36. The second kappa shape index (κ2) is 7.28. The molecule has 0 aromatic carbocycles. The first-order valence-electron chi connectivity index (χ1n) is 7.08. The molecule has 0 aliphatic carbocycles. The zero-order valence-corrected chi connectivity index (χ0v) is 12.5. The fraction of sp³-hybridized carbons (Fsp3) is 0.714. The highest BCUT2D eigenvalue weighted by atomic mass is 16.3. The van der Waals surface area contributed by atoms with Crippen molar-refractivity contribution in [3.8, 4) is 0 Å². The van der Waals surface area contributed by atoms with Crippen molar-refractivity contribution in [3.05, 3.63) is 11.9 Å². The fourth-order valence-electron chi connectivity index (χ4n) is 1.77. The second-order valence-corrected chi connectivity index (χ2v) is 5.03. The molecule has 1 unspecified atom stereocenters. The predicted octanol–water partition coefficient (Wildman–Crippen LogP) is 2.43. The molecule has 5 nitrogen and oxygen atoms in total.